The van der Waals surface area contributed by atoms with Gasteiger partial charge in [-0.05, 0) is 23.6 Å². The number of rotatable bonds is 12. The molecule has 2 aromatic carbocycles. The maximum atomic E-state index is 12.6. The molecule has 0 fully saturated rings. The van der Waals surface area contributed by atoms with Crippen LogP contribution in [0, 0.1) is 5.92 Å². The first-order valence-electron chi connectivity index (χ1n) is 11.1. The quantitative estimate of drug-likeness (QED) is 0.421. The van der Waals surface area contributed by atoms with Gasteiger partial charge in [0.15, 0.2) is 11.5 Å². The Bertz CT molecular complexity index is 1040. The predicted octanol–water partition coefficient (Wildman–Crippen LogP) is 4.18. The van der Waals surface area contributed by atoms with Gasteiger partial charge in [0.25, 0.3) is 0 Å². The maximum Gasteiger partial charge on any atom is 0.249 e. The van der Waals surface area contributed by atoms with E-state index < -0.39 is 6.04 Å². The molecule has 34 heavy (non-hydrogen) atoms. The summed E-state index contributed by atoms with van der Waals surface area (Å²) in [7, 11) is 4.61. The number of hydrogen-bond acceptors (Lipinski definition) is 8. The summed E-state index contributed by atoms with van der Waals surface area (Å²) < 4.78 is 27.3. The van der Waals surface area contributed by atoms with Crippen molar-refractivity contribution in [3.05, 3.63) is 53.9 Å². The fraction of sp³-hybridized carbons (Fsp3) is 0.400. The van der Waals surface area contributed by atoms with Gasteiger partial charge in [-0.15, -0.1) is 0 Å². The van der Waals surface area contributed by atoms with Gasteiger partial charge in [0.05, 0.1) is 27.9 Å². The van der Waals surface area contributed by atoms with Crippen molar-refractivity contribution in [3.8, 4) is 28.6 Å². The monoisotopic (exact) mass is 469 g/mol. The highest BCUT2D eigenvalue weighted by Gasteiger charge is 2.27. The van der Waals surface area contributed by atoms with Crippen molar-refractivity contribution in [1.82, 2.24) is 15.5 Å². The molecule has 3 aromatic rings. The van der Waals surface area contributed by atoms with E-state index in [1.165, 1.54) is 21.3 Å². The molecular weight excluding hydrogens is 438 g/mol. The standard InChI is InChI=1S/C25H31N3O6/c1-6-16(2)22(26-21(29)15-33-14-17-10-8-7-9-11-17)25-27-24(28-34-25)18-12-19(30-3)23(32-5)20(13-18)31-4/h7-13,16,22H,6,14-15H2,1-5H3,(H,26,29)/t16-,22+/m1/s1. The van der Waals surface area contributed by atoms with E-state index in [0.29, 0.717) is 41.1 Å². The van der Waals surface area contributed by atoms with Gasteiger partial charge in [0.1, 0.15) is 12.6 Å². The molecule has 182 valence electrons. The number of carbonyl (C=O) groups excluding carboxylic acids is 1. The molecule has 0 aliphatic heterocycles. The molecule has 9 heteroatoms. The fourth-order valence-electron chi connectivity index (χ4n) is 3.42. The molecular formula is C25H31N3O6. The summed E-state index contributed by atoms with van der Waals surface area (Å²) in [4.78, 5) is 17.1. The average Bonchev–Trinajstić information content (AvgIpc) is 3.36. The number of benzene rings is 2. The molecule has 0 radical (unpaired) electrons. The lowest BCUT2D eigenvalue weighted by molar-refractivity contribution is -0.127. The highest BCUT2D eigenvalue weighted by molar-refractivity contribution is 5.77. The van der Waals surface area contributed by atoms with E-state index in [0.717, 1.165) is 12.0 Å². The number of ether oxygens (including phenoxy) is 4. The Kier molecular flexibility index (Phi) is 8.86. The second-order valence-corrected chi connectivity index (χ2v) is 7.78. The molecule has 0 aliphatic carbocycles. The zero-order valence-electron chi connectivity index (χ0n) is 20.2. The molecule has 0 spiro atoms. The van der Waals surface area contributed by atoms with Crippen LogP contribution >= 0.6 is 0 Å². The van der Waals surface area contributed by atoms with Gasteiger partial charge < -0.3 is 28.8 Å². The summed E-state index contributed by atoms with van der Waals surface area (Å²) in [5, 5.41) is 7.09. The number of carbonyl (C=O) groups is 1. The largest absolute Gasteiger partial charge is 0.493 e. The number of nitrogens with zero attached hydrogens (tertiary/aromatic N) is 2. The predicted molar refractivity (Wildman–Crippen MR) is 126 cm³/mol. The Morgan fingerprint density at radius 1 is 1.06 bits per heavy atom. The minimum Gasteiger partial charge on any atom is -0.493 e. The zero-order valence-corrected chi connectivity index (χ0v) is 20.2. The van der Waals surface area contributed by atoms with Crippen molar-refractivity contribution in [2.75, 3.05) is 27.9 Å². The van der Waals surface area contributed by atoms with E-state index in [9.17, 15) is 4.79 Å². The molecule has 0 bridgehead atoms. The first-order chi connectivity index (χ1) is 16.5. The smallest absolute Gasteiger partial charge is 0.249 e. The van der Waals surface area contributed by atoms with Gasteiger partial charge in [-0.2, -0.15) is 4.98 Å². The minimum atomic E-state index is -0.457. The van der Waals surface area contributed by atoms with Gasteiger partial charge in [-0.25, -0.2) is 0 Å². The van der Waals surface area contributed by atoms with Crippen LogP contribution in [0.2, 0.25) is 0 Å². The van der Waals surface area contributed by atoms with E-state index in [4.69, 9.17) is 23.5 Å². The number of nitrogens with one attached hydrogen (secondary N) is 1. The van der Waals surface area contributed by atoms with Gasteiger partial charge in [0.2, 0.25) is 23.4 Å². The molecule has 1 N–H and O–H groups in total. The molecule has 0 saturated carbocycles. The van der Waals surface area contributed by atoms with Crippen molar-refractivity contribution in [3.63, 3.8) is 0 Å². The summed E-state index contributed by atoms with van der Waals surface area (Å²) in [6, 6.07) is 12.7. The van der Waals surface area contributed by atoms with E-state index in [1.807, 2.05) is 44.2 Å². The van der Waals surface area contributed by atoms with Crippen LogP contribution in [0.5, 0.6) is 17.2 Å². The Labute approximate surface area is 199 Å². The molecule has 9 nitrogen and oxygen atoms in total. The zero-order chi connectivity index (χ0) is 24.5. The Balaban J connectivity index is 1.75. The average molecular weight is 470 g/mol. The second kappa shape index (κ2) is 12.0. The van der Waals surface area contributed by atoms with Crippen molar-refractivity contribution in [1.29, 1.82) is 0 Å². The molecule has 2 atom stereocenters. The Morgan fingerprint density at radius 2 is 1.74 bits per heavy atom. The van der Waals surface area contributed by atoms with E-state index in [2.05, 4.69) is 15.5 Å². The van der Waals surface area contributed by atoms with Crippen LogP contribution in [0.3, 0.4) is 0 Å². The summed E-state index contributed by atoms with van der Waals surface area (Å²) in [5.41, 5.74) is 1.63. The molecule has 1 aromatic heterocycles. The third-order valence-electron chi connectivity index (χ3n) is 5.50. The van der Waals surface area contributed by atoms with Gasteiger partial charge in [-0.1, -0.05) is 55.8 Å². The topological polar surface area (TPSA) is 105 Å². The third kappa shape index (κ3) is 6.05. The number of methoxy groups -OCH3 is 3. The molecule has 1 heterocycles. The van der Waals surface area contributed by atoms with Gasteiger partial charge >= 0.3 is 0 Å². The van der Waals surface area contributed by atoms with Crippen LogP contribution in [0.1, 0.15) is 37.8 Å². The first kappa shape index (κ1) is 25.0. The van der Waals surface area contributed by atoms with Crippen molar-refractivity contribution < 1.29 is 28.3 Å². The van der Waals surface area contributed by atoms with Crippen LogP contribution in [-0.4, -0.2) is 44.0 Å². The molecule has 0 unspecified atom stereocenters. The van der Waals surface area contributed by atoms with Crippen molar-refractivity contribution >= 4 is 5.91 Å². The van der Waals surface area contributed by atoms with Crippen LogP contribution in [0.15, 0.2) is 47.0 Å². The highest BCUT2D eigenvalue weighted by atomic mass is 16.5. The van der Waals surface area contributed by atoms with E-state index in [-0.39, 0.29) is 18.4 Å². The van der Waals surface area contributed by atoms with Crippen LogP contribution < -0.4 is 19.5 Å². The fourth-order valence-corrected chi connectivity index (χ4v) is 3.42. The Hall–Kier alpha value is -3.59. The van der Waals surface area contributed by atoms with Crippen molar-refractivity contribution in [2.24, 2.45) is 5.92 Å². The van der Waals surface area contributed by atoms with Gasteiger partial charge in [-0.3, -0.25) is 4.79 Å². The molecule has 0 aliphatic rings. The summed E-state index contributed by atoms with van der Waals surface area (Å²) in [6.45, 7) is 4.33. The summed E-state index contributed by atoms with van der Waals surface area (Å²) in [6.07, 6.45) is 0.803. The normalized spacial score (nSPS) is 12.6. The molecule has 3 rings (SSSR count). The van der Waals surface area contributed by atoms with Crippen molar-refractivity contribution in [2.45, 2.75) is 32.9 Å². The SMILES string of the molecule is CC[C@@H](C)[C@H](NC(=O)COCc1ccccc1)c1nc(-c2cc(OC)c(OC)c(OC)c2)no1. The van der Waals surface area contributed by atoms with Crippen LogP contribution in [0.4, 0.5) is 0 Å². The molecule has 0 saturated heterocycles. The molecule has 1 amide bonds. The first-order valence-corrected chi connectivity index (χ1v) is 11.1. The Morgan fingerprint density at radius 3 is 2.32 bits per heavy atom. The minimum absolute atomic E-state index is 0.0614. The van der Waals surface area contributed by atoms with Crippen LogP contribution in [-0.2, 0) is 16.1 Å². The lowest BCUT2D eigenvalue weighted by Crippen LogP contribution is -2.35. The van der Waals surface area contributed by atoms with Gasteiger partial charge in [0, 0.05) is 5.56 Å². The lowest BCUT2D eigenvalue weighted by atomic mass is 9.99. The summed E-state index contributed by atoms with van der Waals surface area (Å²) in [5.74, 6) is 1.89. The van der Waals surface area contributed by atoms with Crippen LogP contribution in [0.25, 0.3) is 11.4 Å². The number of amides is 1. The summed E-state index contributed by atoms with van der Waals surface area (Å²) >= 11 is 0. The maximum absolute atomic E-state index is 12.6. The number of hydrogen-bond donors (Lipinski definition) is 1. The second-order valence-electron chi connectivity index (χ2n) is 7.78. The number of aromatic nitrogens is 2. The third-order valence-corrected chi connectivity index (χ3v) is 5.50. The highest BCUT2D eigenvalue weighted by Crippen LogP contribution is 2.40. The lowest BCUT2D eigenvalue weighted by Gasteiger charge is -2.20. The van der Waals surface area contributed by atoms with E-state index >= 15 is 0 Å². The van der Waals surface area contributed by atoms with E-state index in [1.54, 1.807) is 12.1 Å².